The van der Waals surface area contributed by atoms with Crippen molar-refractivity contribution in [2.45, 2.75) is 57.4 Å². The van der Waals surface area contributed by atoms with Crippen LogP contribution in [0.5, 0.6) is 0 Å². The van der Waals surface area contributed by atoms with Crippen molar-refractivity contribution in [3.8, 4) is 0 Å². The van der Waals surface area contributed by atoms with Gasteiger partial charge in [0, 0.05) is 19.1 Å². The number of aliphatic carboxylic acids is 1. The summed E-state index contributed by atoms with van der Waals surface area (Å²) < 4.78 is 0. The van der Waals surface area contributed by atoms with Crippen molar-refractivity contribution in [1.82, 2.24) is 10.2 Å². The third-order valence-corrected chi connectivity index (χ3v) is 4.68. The standard InChI is InChI=1S/C15H26N2O4/c18-10-9-17(12-5-6-12)14(21)16-11-15(13(19)20)7-3-1-2-4-8-15/h12,18H,1-11H2,(H,16,21)(H,19,20). The van der Waals surface area contributed by atoms with Gasteiger partial charge in [-0.05, 0) is 25.7 Å². The number of carbonyl (C=O) groups excluding carboxylic acids is 1. The largest absolute Gasteiger partial charge is 0.481 e. The Morgan fingerprint density at radius 2 is 1.76 bits per heavy atom. The average molecular weight is 298 g/mol. The molecule has 0 aromatic carbocycles. The Labute approximate surface area is 125 Å². The number of aliphatic hydroxyl groups is 1. The number of hydrogen-bond acceptors (Lipinski definition) is 3. The second kappa shape index (κ2) is 7.11. The number of carboxylic acid groups (broad SMARTS) is 1. The lowest BCUT2D eigenvalue weighted by Gasteiger charge is -2.30. The van der Waals surface area contributed by atoms with Gasteiger partial charge in [0.05, 0.1) is 12.0 Å². The number of carbonyl (C=O) groups is 2. The summed E-state index contributed by atoms with van der Waals surface area (Å²) in [4.78, 5) is 25.5. The van der Waals surface area contributed by atoms with Gasteiger partial charge in [-0.2, -0.15) is 0 Å². The molecule has 2 fully saturated rings. The molecule has 6 nitrogen and oxygen atoms in total. The van der Waals surface area contributed by atoms with Crippen molar-refractivity contribution >= 4 is 12.0 Å². The molecule has 3 N–H and O–H groups in total. The van der Waals surface area contributed by atoms with E-state index in [0.29, 0.717) is 19.4 Å². The molecule has 0 aromatic rings. The minimum atomic E-state index is -0.819. The van der Waals surface area contributed by atoms with Crippen molar-refractivity contribution in [2.75, 3.05) is 19.7 Å². The number of carboxylic acids is 1. The molecule has 2 aliphatic rings. The molecule has 0 aromatic heterocycles. The van der Waals surface area contributed by atoms with Gasteiger partial charge in [0.25, 0.3) is 0 Å². The maximum Gasteiger partial charge on any atom is 0.317 e. The highest BCUT2D eigenvalue weighted by atomic mass is 16.4. The molecule has 0 atom stereocenters. The predicted molar refractivity (Wildman–Crippen MR) is 78.0 cm³/mol. The summed E-state index contributed by atoms with van der Waals surface area (Å²) in [5.74, 6) is -0.801. The zero-order valence-electron chi connectivity index (χ0n) is 12.5. The van der Waals surface area contributed by atoms with Gasteiger partial charge in [-0.15, -0.1) is 0 Å². The third kappa shape index (κ3) is 4.09. The van der Waals surface area contributed by atoms with Crippen LogP contribution in [0.3, 0.4) is 0 Å². The van der Waals surface area contributed by atoms with E-state index in [0.717, 1.165) is 38.5 Å². The van der Waals surface area contributed by atoms with E-state index in [1.807, 2.05) is 0 Å². The van der Waals surface area contributed by atoms with E-state index in [4.69, 9.17) is 5.11 Å². The van der Waals surface area contributed by atoms with Crippen LogP contribution in [-0.2, 0) is 4.79 Å². The highest BCUT2D eigenvalue weighted by Gasteiger charge is 2.40. The van der Waals surface area contributed by atoms with E-state index in [9.17, 15) is 14.7 Å². The number of nitrogens with one attached hydrogen (secondary N) is 1. The van der Waals surface area contributed by atoms with Crippen molar-refractivity contribution < 1.29 is 19.8 Å². The number of rotatable bonds is 6. The molecule has 0 radical (unpaired) electrons. The second-order valence-electron chi connectivity index (χ2n) is 6.31. The van der Waals surface area contributed by atoms with Crippen LogP contribution in [0, 0.1) is 5.41 Å². The summed E-state index contributed by atoms with van der Waals surface area (Å²) in [6.45, 7) is 0.445. The first-order valence-corrected chi connectivity index (χ1v) is 7.98. The first-order valence-electron chi connectivity index (χ1n) is 7.98. The first-order chi connectivity index (χ1) is 10.1. The fourth-order valence-electron chi connectivity index (χ4n) is 3.16. The lowest BCUT2D eigenvalue weighted by Crippen LogP contribution is -2.49. The number of hydrogen-bond donors (Lipinski definition) is 3. The molecule has 0 aliphatic heterocycles. The molecule has 2 rings (SSSR count). The molecule has 0 heterocycles. The average Bonchev–Trinajstić information content (AvgIpc) is 3.28. The molecule has 6 heteroatoms. The zero-order chi connectivity index (χ0) is 15.3. The van der Waals surface area contributed by atoms with Gasteiger partial charge < -0.3 is 20.4 Å². The lowest BCUT2D eigenvalue weighted by molar-refractivity contribution is -0.149. The maximum absolute atomic E-state index is 12.2. The molecule has 2 saturated carbocycles. The third-order valence-electron chi connectivity index (χ3n) is 4.68. The smallest absolute Gasteiger partial charge is 0.317 e. The highest BCUT2D eigenvalue weighted by molar-refractivity contribution is 5.78. The molecular formula is C15H26N2O4. The minimum absolute atomic E-state index is 0.0615. The van der Waals surface area contributed by atoms with Crippen molar-refractivity contribution in [1.29, 1.82) is 0 Å². The second-order valence-corrected chi connectivity index (χ2v) is 6.31. The van der Waals surface area contributed by atoms with Crippen LogP contribution in [0.25, 0.3) is 0 Å². The van der Waals surface area contributed by atoms with Gasteiger partial charge in [-0.1, -0.05) is 25.7 Å². The van der Waals surface area contributed by atoms with E-state index in [-0.39, 0.29) is 25.2 Å². The van der Waals surface area contributed by atoms with Gasteiger partial charge in [-0.3, -0.25) is 4.79 Å². The quantitative estimate of drug-likeness (QED) is 0.649. The van der Waals surface area contributed by atoms with Crippen LogP contribution in [0.15, 0.2) is 0 Å². The van der Waals surface area contributed by atoms with Gasteiger partial charge in [0.1, 0.15) is 0 Å². The molecule has 0 bridgehead atoms. The van der Waals surface area contributed by atoms with E-state index in [1.165, 1.54) is 0 Å². The Bertz CT molecular complexity index is 374. The Kier molecular flexibility index (Phi) is 5.45. The van der Waals surface area contributed by atoms with Crippen LogP contribution < -0.4 is 5.32 Å². The summed E-state index contributed by atoms with van der Waals surface area (Å²) in [7, 11) is 0. The highest BCUT2D eigenvalue weighted by Crippen LogP contribution is 2.35. The maximum atomic E-state index is 12.2. The number of aliphatic hydroxyl groups excluding tert-OH is 1. The Morgan fingerprint density at radius 3 is 2.24 bits per heavy atom. The molecule has 2 aliphatic carbocycles. The fourth-order valence-corrected chi connectivity index (χ4v) is 3.16. The van der Waals surface area contributed by atoms with Crippen LogP contribution in [0.2, 0.25) is 0 Å². The normalized spacial score (nSPS) is 21.4. The minimum Gasteiger partial charge on any atom is -0.481 e. The number of nitrogens with zero attached hydrogens (tertiary/aromatic N) is 1. The summed E-state index contributed by atoms with van der Waals surface area (Å²) in [5, 5.41) is 21.4. The summed E-state index contributed by atoms with van der Waals surface area (Å²) in [5.41, 5.74) is -0.819. The van der Waals surface area contributed by atoms with Crippen molar-refractivity contribution in [3.05, 3.63) is 0 Å². The lowest BCUT2D eigenvalue weighted by atomic mass is 9.80. The van der Waals surface area contributed by atoms with Gasteiger partial charge >= 0.3 is 12.0 Å². The van der Waals surface area contributed by atoms with E-state index < -0.39 is 11.4 Å². The topological polar surface area (TPSA) is 89.9 Å². The molecule has 0 unspecified atom stereocenters. The molecule has 0 saturated heterocycles. The van der Waals surface area contributed by atoms with Gasteiger partial charge in [0.15, 0.2) is 0 Å². The summed E-state index contributed by atoms with van der Waals surface area (Å²) in [6.07, 6.45) is 7.16. The molecule has 2 amide bonds. The number of amides is 2. The van der Waals surface area contributed by atoms with Crippen LogP contribution in [-0.4, -0.2) is 52.9 Å². The van der Waals surface area contributed by atoms with Crippen molar-refractivity contribution in [2.24, 2.45) is 5.41 Å². The van der Waals surface area contributed by atoms with Crippen LogP contribution in [0.1, 0.15) is 51.4 Å². The van der Waals surface area contributed by atoms with Crippen LogP contribution >= 0.6 is 0 Å². The summed E-state index contributed by atoms with van der Waals surface area (Å²) >= 11 is 0. The van der Waals surface area contributed by atoms with E-state index >= 15 is 0 Å². The first kappa shape index (κ1) is 16.1. The zero-order valence-corrected chi connectivity index (χ0v) is 12.5. The van der Waals surface area contributed by atoms with Crippen molar-refractivity contribution in [3.63, 3.8) is 0 Å². The molecule has 21 heavy (non-hydrogen) atoms. The van der Waals surface area contributed by atoms with E-state index in [2.05, 4.69) is 5.32 Å². The molecular weight excluding hydrogens is 272 g/mol. The molecule has 120 valence electrons. The SMILES string of the molecule is O=C(NCC1(C(=O)O)CCCCCC1)N(CCO)C1CC1. The molecule has 0 spiro atoms. The van der Waals surface area contributed by atoms with Gasteiger partial charge in [-0.25, -0.2) is 4.79 Å². The fraction of sp³-hybridized carbons (Fsp3) is 0.867. The van der Waals surface area contributed by atoms with Gasteiger partial charge in [0.2, 0.25) is 0 Å². The Balaban J connectivity index is 1.94. The van der Waals surface area contributed by atoms with Crippen LogP contribution in [0.4, 0.5) is 4.79 Å². The Hall–Kier alpha value is -1.30. The Morgan fingerprint density at radius 1 is 1.14 bits per heavy atom. The monoisotopic (exact) mass is 298 g/mol. The van der Waals surface area contributed by atoms with E-state index in [1.54, 1.807) is 4.90 Å². The predicted octanol–water partition coefficient (Wildman–Crippen LogP) is 1.58. The summed E-state index contributed by atoms with van der Waals surface area (Å²) in [6, 6.07) is -0.0246. The number of urea groups is 1.